The van der Waals surface area contributed by atoms with Gasteiger partial charge in [-0.05, 0) is 18.2 Å². The molecule has 4 nitrogen and oxygen atoms in total. The maximum atomic E-state index is 10.9. The fourth-order valence-corrected chi connectivity index (χ4v) is 2.36. The van der Waals surface area contributed by atoms with Crippen LogP contribution in [0.4, 0.5) is 0 Å². The molecule has 0 amide bonds. The van der Waals surface area contributed by atoms with Crippen molar-refractivity contribution in [2.75, 3.05) is 20.2 Å². The molecule has 0 aliphatic carbocycles. The van der Waals surface area contributed by atoms with Crippen molar-refractivity contribution in [1.82, 2.24) is 4.90 Å². The number of carboxylic acid groups (broad SMARTS) is 1. The van der Waals surface area contributed by atoms with E-state index in [1.54, 1.807) is 6.92 Å². The van der Waals surface area contributed by atoms with Gasteiger partial charge in [0, 0.05) is 6.54 Å². The van der Waals surface area contributed by atoms with E-state index in [9.17, 15) is 4.79 Å². The van der Waals surface area contributed by atoms with Crippen LogP contribution in [-0.4, -0.2) is 36.2 Å². The molecule has 0 aromatic heterocycles. The molecule has 0 spiro atoms. The second-order valence-corrected chi connectivity index (χ2v) is 4.91. The summed E-state index contributed by atoms with van der Waals surface area (Å²) in [6.07, 6.45) is 0. The lowest BCUT2D eigenvalue weighted by Crippen LogP contribution is -2.36. The fourth-order valence-electron chi connectivity index (χ4n) is 2.36. The molecule has 0 saturated carbocycles. The summed E-state index contributed by atoms with van der Waals surface area (Å²) in [7, 11) is 1.95. The predicted octanol–water partition coefficient (Wildman–Crippen LogP) is 1.91. The van der Waals surface area contributed by atoms with E-state index in [1.165, 1.54) is 11.1 Å². The number of rotatable bonds is 4. The van der Waals surface area contributed by atoms with Gasteiger partial charge in [-0.2, -0.15) is 0 Å². The van der Waals surface area contributed by atoms with E-state index in [4.69, 9.17) is 9.84 Å². The minimum Gasteiger partial charge on any atom is -0.481 e. The van der Waals surface area contributed by atoms with Crippen LogP contribution in [0.2, 0.25) is 0 Å². The van der Waals surface area contributed by atoms with Crippen molar-refractivity contribution in [2.45, 2.75) is 19.6 Å². The van der Waals surface area contributed by atoms with Gasteiger partial charge in [-0.1, -0.05) is 31.2 Å². The number of ether oxygens (including phenoxy) is 1. The Morgan fingerprint density at radius 2 is 2.28 bits per heavy atom. The van der Waals surface area contributed by atoms with Crippen LogP contribution < -0.4 is 0 Å². The summed E-state index contributed by atoms with van der Waals surface area (Å²) in [5.41, 5.74) is 2.45. The smallest absolute Gasteiger partial charge is 0.307 e. The van der Waals surface area contributed by atoms with Gasteiger partial charge in [0.05, 0.1) is 25.2 Å². The molecule has 0 fully saturated rings. The standard InChI is InChI=1S/C14H19NO3/c1-10(14(16)17)7-15(2)13-9-18-8-11-5-3-4-6-12(11)13/h3-6,10,13H,7-9H2,1-2H3,(H,16,17). The second kappa shape index (κ2) is 5.50. The van der Waals surface area contributed by atoms with Crippen LogP contribution in [0.25, 0.3) is 0 Å². The number of carboxylic acids is 1. The first kappa shape index (κ1) is 13.1. The maximum Gasteiger partial charge on any atom is 0.307 e. The van der Waals surface area contributed by atoms with E-state index >= 15 is 0 Å². The van der Waals surface area contributed by atoms with Crippen LogP contribution >= 0.6 is 0 Å². The zero-order valence-electron chi connectivity index (χ0n) is 10.8. The van der Waals surface area contributed by atoms with Gasteiger partial charge in [0.25, 0.3) is 0 Å². The lowest BCUT2D eigenvalue weighted by atomic mass is 9.97. The maximum absolute atomic E-state index is 10.9. The van der Waals surface area contributed by atoms with E-state index in [1.807, 2.05) is 19.2 Å². The van der Waals surface area contributed by atoms with E-state index < -0.39 is 5.97 Å². The molecule has 2 unspecified atom stereocenters. The lowest BCUT2D eigenvalue weighted by Gasteiger charge is -2.33. The Balaban J connectivity index is 2.12. The number of fused-ring (bicyclic) bond motifs is 1. The number of aliphatic carboxylic acids is 1. The van der Waals surface area contributed by atoms with Gasteiger partial charge in [0.2, 0.25) is 0 Å². The Labute approximate surface area is 107 Å². The van der Waals surface area contributed by atoms with Crippen LogP contribution in [0.15, 0.2) is 24.3 Å². The third kappa shape index (κ3) is 2.71. The van der Waals surface area contributed by atoms with Crippen molar-refractivity contribution in [3.8, 4) is 0 Å². The van der Waals surface area contributed by atoms with Crippen LogP contribution in [-0.2, 0) is 16.1 Å². The first-order valence-corrected chi connectivity index (χ1v) is 6.18. The molecular weight excluding hydrogens is 230 g/mol. The molecule has 4 heteroatoms. The minimum absolute atomic E-state index is 0.150. The van der Waals surface area contributed by atoms with Crippen LogP contribution in [0.5, 0.6) is 0 Å². The molecule has 1 N–H and O–H groups in total. The largest absolute Gasteiger partial charge is 0.481 e. The lowest BCUT2D eigenvalue weighted by molar-refractivity contribution is -0.142. The van der Waals surface area contributed by atoms with E-state index in [0.29, 0.717) is 19.8 Å². The van der Waals surface area contributed by atoms with Gasteiger partial charge < -0.3 is 9.84 Å². The number of hydrogen-bond donors (Lipinski definition) is 1. The molecule has 1 aliphatic heterocycles. The summed E-state index contributed by atoms with van der Waals surface area (Å²) < 4.78 is 5.58. The summed E-state index contributed by atoms with van der Waals surface area (Å²) in [4.78, 5) is 13.0. The number of carbonyl (C=O) groups is 1. The summed E-state index contributed by atoms with van der Waals surface area (Å²) >= 11 is 0. The molecule has 0 saturated heterocycles. The molecule has 2 atom stereocenters. The zero-order chi connectivity index (χ0) is 13.1. The second-order valence-electron chi connectivity index (χ2n) is 4.91. The number of nitrogens with zero attached hydrogens (tertiary/aromatic N) is 1. The Hall–Kier alpha value is -1.39. The summed E-state index contributed by atoms with van der Waals surface area (Å²) in [6.45, 7) is 3.53. The van der Waals surface area contributed by atoms with Crippen LogP contribution in [0, 0.1) is 5.92 Å². The summed E-state index contributed by atoms with van der Waals surface area (Å²) in [6, 6.07) is 8.34. The van der Waals surface area contributed by atoms with Crippen LogP contribution in [0.3, 0.4) is 0 Å². The Kier molecular flexibility index (Phi) is 3.99. The molecule has 0 radical (unpaired) electrons. The van der Waals surface area contributed by atoms with Gasteiger partial charge >= 0.3 is 5.97 Å². The SMILES string of the molecule is CC(CN(C)C1COCc2ccccc21)C(=O)O. The monoisotopic (exact) mass is 249 g/mol. The minimum atomic E-state index is -0.758. The number of benzene rings is 1. The average molecular weight is 249 g/mol. The first-order chi connectivity index (χ1) is 8.59. The van der Waals surface area contributed by atoms with E-state index in [2.05, 4.69) is 17.0 Å². The highest BCUT2D eigenvalue weighted by atomic mass is 16.5. The quantitative estimate of drug-likeness (QED) is 0.885. The van der Waals surface area contributed by atoms with Crippen molar-refractivity contribution in [3.05, 3.63) is 35.4 Å². The van der Waals surface area contributed by atoms with Gasteiger partial charge in [0.15, 0.2) is 0 Å². The molecule has 18 heavy (non-hydrogen) atoms. The van der Waals surface area contributed by atoms with Gasteiger partial charge in [-0.25, -0.2) is 0 Å². The van der Waals surface area contributed by atoms with Crippen molar-refractivity contribution < 1.29 is 14.6 Å². The fraction of sp³-hybridized carbons (Fsp3) is 0.500. The molecule has 1 aromatic rings. The van der Waals surface area contributed by atoms with Gasteiger partial charge in [0.1, 0.15) is 0 Å². The van der Waals surface area contributed by atoms with Gasteiger partial charge in [-0.3, -0.25) is 9.69 Å². The van der Waals surface area contributed by atoms with E-state index in [-0.39, 0.29) is 12.0 Å². The van der Waals surface area contributed by atoms with Crippen LogP contribution in [0.1, 0.15) is 24.1 Å². The Bertz CT molecular complexity index is 433. The van der Waals surface area contributed by atoms with Crippen molar-refractivity contribution in [2.24, 2.45) is 5.92 Å². The van der Waals surface area contributed by atoms with Crippen molar-refractivity contribution in [3.63, 3.8) is 0 Å². The predicted molar refractivity (Wildman–Crippen MR) is 68.3 cm³/mol. The third-order valence-electron chi connectivity index (χ3n) is 3.46. The number of likely N-dealkylation sites (N-methyl/N-ethyl adjacent to an activating group) is 1. The Morgan fingerprint density at radius 1 is 1.56 bits per heavy atom. The molecule has 0 bridgehead atoms. The number of hydrogen-bond acceptors (Lipinski definition) is 3. The highest BCUT2D eigenvalue weighted by molar-refractivity contribution is 5.69. The molecule has 98 valence electrons. The Morgan fingerprint density at radius 3 is 3.00 bits per heavy atom. The first-order valence-electron chi connectivity index (χ1n) is 6.18. The zero-order valence-corrected chi connectivity index (χ0v) is 10.8. The topological polar surface area (TPSA) is 49.8 Å². The summed E-state index contributed by atoms with van der Waals surface area (Å²) in [5.74, 6) is -1.13. The van der Waals surface area contributed by atoms with Crippen molar-refractivity contribution in [1.29, 1.82) is 0 Å². The summed E-state index contributed by atoms with van der Waals surface area (Å²) in [5, 5.41) is 8.97. The molecule has 1 heterocycles. The third-order valence-corrected chi connectivity index (χ3v) is 3.46. The van der Waals surface area contributed by atoms with Crippen molar-refractivity contribution >= 4 is 5.97 Å². The highest BCUT2D eigenvalue weighted by Crippen LogP contribution is 2.28. The molecule has 1 aliphatic rings. The average Bonchev–Trinajstić information content (AvgIpc) is 2.37. The highest BCUT2D eigenvalue weighted by Gasteiger charge is 2.26. The normalized spacial score (nSPS) is 20.5. The van der Waals surface area contributed by atoms with E-state index in [0.717, 1.165) is 0 Å². The molecular formula is C14H19NO3. The molecule has 1 aromatic carbocycles. The molecule has 2 rings (SSSR count). The van der Waals surface area contributed by atoms with Gasteiger partial charge in [-0.15, -0.1) is 0 Å².